The van der Waals surface area contributed by atoms with Gasteiger partial charge in [-0.3, -0.25) is 14.8 Å². The number of amides is 1. The van der Waals surface area contributed by atoms with Gasteiger partial charge in [-0.15, -0.1) is 0 Å². The fourth-order valence-corrected chi connectivity index (χ4v) is 3.07. The van der Waals surface area contributed by atoms with E-state index in [1.54, 1.807) is 18.2 Å². The van der Waals surface area contributed by atoms with Gasteiger partial charge in [0.05, 0.1) is 29.8 Å². The molecular weight excluding hydrogens is 407 g/mol. The van der Waals surface area contributed by atoms with Gasteiger partial charge in [-0.1, -0.05) is 26.2 Å². The molecule has 3 heterocycles. The van der Waals surface area contributed by atoms with Crippen molar-refractivity contribution >= 4 is 5.91 Å². The van der Waals surface area contributed by atoms with Gasteiger partial charge in [0.25, 0.3) is 0 Å². The Kier molecular flexibility index (Phi) is 7.38. The predicted molar refractivity (Wildman–Crippen MR) is 110 cm³/mol. The van der Waals surface area contributed by atoms with Crippen molar-refractivity contribution in [1.82, 2.24) is 25.1 Å². The van der Waals surface area contributed by atoms with E-state index >= 15 is 0 Å². The molecular formula is C22H24F3N5O. The maximum atomic E-state index is 13.6. The van der Waals surface area contributed by atoms with Gasteiger partial charge in [0.2, 0.25) is 5.91 Å². The summed E-state index contributed by atoms with van der Waals surface area (Å²) in [5.74, 6) is -0.0606. The van der Waals surface area contributed by atoms with Crippen LogP contribution in [0.25, 0.3) is 16.9 Å². The molecule has 0 saturated heterocycles. The van der Waals surface area contributed by atoms with E-state index in [1.807, 2.05) is 0 Å². The van der Waals surface area contributed by atoms with E-state index in [-0.39, 0.29) is 23.8 Å². The van der Waals surface area contributed by atoms with E-state index in [1.165, 1.54) is 24.7 Å². The number of hydrogen-bond acceptors (Lipinski definition) is 4. The first-order valence-electron chi connectivity index (χ1n) is 10.2. The van der Waals surface area contributed by atoms with E-state index in [4.69, 9.17) is 0 Å². The molecule has 1 amide bonds. The molecule has 3 rings (SSSR count). The van der Waals surface area contributed by atoms with Crippen molar-refractivity contribution in [2.75, 3.05) is 0 Å². The maximum absolute atomic E-state index is 13.6. The fourth-order valence-electron chi connectivity index (χ4n) is 3.07. The van der Waals surface area contributed by atoms with Gasteiger partial charge in [-0.2, -0.15) is 18.3 Å². The van der Waals surface area contributed by atoms with Crippen molar-refractivity contribution in [1.29, 1.82) is 0 Å². The smallest absolute Gasteiger partial charge is 0.350 e. The average Bonchev–Trinajstić information content (AvgIpc) is 3.22. The zero-order valence-electron chi connectivity index (χ0n) is 17.2. The largest absolute Gasteiger partial charge is 0.433 e. The molecule has 3 aromatic heterocycles. The molecule has 0 aliphatic rings. The van der Waals surface area contributed by atoms with Crippen LogP contribution in [0.5, 0.6) is 0 Å². The quantitative estimate of drug-likeness (QED) is 0.488. The summed E-state index contributed by atoms with van der Waals surface area (Å²) in [5.41, 5.74) is 0.482. The molecule has 3 aromatic rings. The van der Waals surface area contributed by atoms with E-state index in [2.05, 4.69) is 27.3 Å². The lowest BCUT2D eigenvalue weighted by molar-refractivity contribution is -0.142. The Hall–Kier alpha value is -3.23. The third-order valence-corrected chi connectivity index (χ3v) is 4.73. The zero-order chi connectivity index (χ0) is 22.3. The topological polar surface area (TPSA) is 72.7 Å². The number of alkyl halides is 3. The minimum atomic E-state index is -4.59. The van der Waals surface area contributed by atoms with Gasteiger partial charge in [-0.25, -0.2) is 4.68 Å². The van der Waals surface area contributed by atoms with Gasteiger partial charge < -0.3 is 5.32 Å². The predicted octanol–water partition coefficient (Wildman–Crippen LogP) is 4.93. The number of rotatable bonds is 9. The van der Waals surface area contributed by atoms with Crippen LogP contribution < -0.4 is 5.32 Å². The molecule has 164 valence electrons. The number of pyridine rings is 2. The first-order valence-corrected chi connectivity index (χ1v) is 10.2. The Morgan fingerprint density at radius 1 is 1.13 bits per heavy atom. The van der Waals surface area contributed by atoms with Crippen molar-refractivity contribution < 1.29 is 18.0 Å². The van der Waals surface area contributed by atoms with Crippen molar-refractivity contribution in [2.45, 2.75) is 51.7 Å². The van der Waals surface area contributed by atoms with Crippen LogP contribution in [0.4, 0.5) is 13.2 Å². The lowest BCUT2D eigenvalue weighted by Gasteiger charge is -2.10. The molecule has 6 nitrogen and oxygen atoms in total. The van der Waals surface area contributed by atoms with E-state index in [0.29, 0.717) is 17.7 Å². The third kappa shape index (κ3) is 6.13. The first kappa shape index (κ1) is 22.5. The number of nitrogens with one attached hydrogen (secondary N) is 1. The monoisotopic (exact) mass is 431 g/mol. The Morgan fingerprint density at radius 3 is 2.61 bits per heavy atom. The zero-order valence-corrected chi connectivity index (χ0v) is 17.2. The van der Waals surface area contributed by atoms with Crippen LogP contribution in [0.1, 0.15) is 50.4 Å². The number of aromatic nitrogens is 4. The lowest BCUT2D eigenvalue weighted by Crippen LogP contribution is -2.23. The summed E-state index contributed by atoms with van der Waals surface area (Å²) in [7, 11) is 0. The molecule has 0 aliphatic carbocycles. The van der Waals surface area contributed by atoms with Crippen LogP contribution in [0.15, 0.2) is 48.9 Å². The molecule has 0 bridgehead atoms. The molecule has 0 unspecified atom stereocenters. The number of carbonyl (C=O) groups is 1. The van der Waals surface area contributed by atoms with E-state index < -0.39 is 11.9 Å². The molecule has 0 aliphatic heterocycles. The number of halogens is 3. The highest BCUT2D eigenvalue weighted by molar-refractivity contribution is 5.75. The molecule has 31 heavy (non-hydrogen) atoms. The second-order valence-corrected chi connectivity index (χ2v) is 7.16. The van der Waals surface area contributed by atoms with Crippen molar-refractivity contribution in [2.24, 2.45) is 0 Å². The van der Waals surface area contributed by atoms with Gasteiger partial charge in [-0.05, 0) is 36.8 Å². The molecule has 9 heteroatoms. The van der Waals surface area contributed by atoms with Crippen LogP contribution in [-0.4, -0.2) is 25.7 Å². The van der Waals surface area contributed by atoms with Crippen LogP contribution >= 0.6 is 0 Å². The van der Waals surface area contributed by atoms with Crippen LogP contribution in [0.2, 0.25) is 0 Å². The van der Waals surface area contributed by atoms with E-state index in [9.17, 15) is 18.0 Å². The highest BCUT2D eigenvalue weighted by atomic mass is 19.4. The minimum Gasteiger partial charge on any atom is -0.350 e. The minimum absolute atomic E-state index is 0.0606. The molecule has 0 atom stereocenters. The Labute approximate surface area is 178 Å². The average molecular weight is 431 g/mol. The van der Waals surface area contributed by atoms with Crippen molar-refractivity contribution in [3.8, 4) is 16.9 Å². The van der Waals surface area contributed by atoms with Gasteiger partial charge in [0.1, 0.15) is 5.69 Å². The Bertz CT molecular complexity index is 985. The Balaban J connectivity index is 1.72. The molecule has 0 radical (unpaired) electrons. The van der Waals surface area contributed by atoms with Crippen LogP contribution in [0, 0.1) is 0 Å². The van der Waals surface area contributed by atoms with Gasteiger partial charge in [0.15, 0.2) is 0 Å². The highest BCUT2D eigenvalue weighted by Gasteiger charge is 2.36. The van der Waals surface area contributed by atoms with Crippen molar-refractivity contribution in [3.05, 3.63) is 60.3 Å². The molecule has 0 fully saturated rings. The first-order chi connectivity index (χ1) is 14.9. The SMILES string of the molecule is CCCCCCC(=O)NCc1ccc(-n2nc(-c3cccnc3)cc2C(F)(F)F)cn1. The standard InChI is InChI=1S/C22H24F3N5O/c1-2-3-4-5-8-21(31)28-14-17-9-10-18(15-27-17)30-20(22(23,24)25)12-19(29-30)16-7-6-11-26-13-16/h6-7,9-13,15H,2-5,8,14H2,1H3,(H,28,31). The van der Waals surface area contributed by atoms with Crippen LogP contribution in [0.3, 0.4) is 0 Å². The normalized spacial score (nSPS) is 11.5. The second-order valence-electron chi connectivity index (χ2n) is 7.16. The summed E-state index contributed by atoms with van der Waals surface area (Å²) in [6.45, 7) is 2.33. The number of unbranched alkanes of at least 4 members (excludes halogenated alkanes) is 3. The Morgan fingerprint density at radius 2 is 1.97 bits per heavy atom. The van der Waals surface area contributed by atoms with Gasteiger partial charge >= 0.3 is 6.18 Å². The summed E-state index contributed by atoms with van der Waals surface area (Å²) >= 11 is 0. The fraction of sp³-hybridized carbons (Fsp3) is 0.364. The summed E-state index contributed by atoms with van der Waals surface area (Å²) in [5, 5.41) is 6.90. The number of nitrogens with zero attached hydrogens (tertiary/aromatic N) is 4. The molecule has 0 aromatic carbocycles. The maximum Gasteiger partial charge on any atom is 0.433 e. The number of carbonyl (C=O) groups excluding carboxylic acids is 1. The number of hydrogen-bond donors (Lipinski definition) is 1. The highest BCUT2D eigenvalue weighted by Crippen LogP contribution is 2.33. The summed E-state index contributed by atoms with van der Waals surface area (Å²) < 4.78 is 41.5. The summed E-state index contributed by atoms with van der Waals surface area (Å²) in [6, 6.07) is 7.36. The van der Waals surface area contributed by atoms with Crippen molar-refractivity contribution in [3.63, 3.8) is 0 Å². The lowest BCUT2D eigenvalue weighted by atomic mass is 10.1. The summed E-state index contributed by atoms with van der Waals surface area (Å²) in [6.07, 6.45) is 4.25. The second kappa shape index (κ2) is 10.2. The molecule has 1 N–H and O–H groups in total. The van der Waals surface area contributed by atoms with Gasteiger partial charge in [0, 0.05) is 24.4 Å². The third-order valence-electron chi connectivity index (χ3n) is 4.73. The molecule has 0 saturated carbocycles. The van der Waals surface area contributed by atoms with Crippen LogP contribution in [-0.2, 0) is 17.5 Å². The van der Waals surface area contributed by atoms with E-state index in [0.717, 1.165) is 36.4 Å². The molecule has 0 spiro atoms. The summed E-state index contributed by atoms with van der Waals surface area (Å²) in [4.78, 5) is 20.0.